The Kier molecular flexibility index (Phi) is 5.66. The molecule has 0 aliphatic rings. The van der Waals surface area contributed by atoms with Gasteiger partial charge in [0.1, 0.15) is 11.3 Å². The van der Waals surface area contributed by atoms with Crippen molar-refractivity contribution >= 4 is 27.5 Å². The molecule has 0 amide bonds. The van der Waals surface area contributed by atoms with E-state index in [2.05, 4.69) is 4.72 Å². The second kappa shape index (κ2) is 7.57. The minimum absolute atomic E-state index is 0.0250. The summed E-state index contributed by atoms with van der Waals surface area (Å²) in [5, 5.41) is 9.81. The summed E-state index contributed by atoms with van der Waals surface area (Å²) in [5.74, 6) is -1.47. The number of carbonyl (C=O) groups excluding carboxylic acids is 2. The topological polar surface area (TPSA) is 110 Å². The maximum Gasteiger partial charge on any atom is 0.342 e. The fourth-order valence-corrected chi connectivity index (χ4v) is 2.81. The number of aryl methyl sites for hydroxylation is 1. The summed E-state index contributed by atoms with van der Waals surface area (Å²) < 4.78 is 29.8. The molecule has 2 rings (SSSR count). The van der Waals surface area contributed by atoms with Gasteiger partial charge in [-0.1, -0.05) is 6.07 Å². The zero-order valence-corrected chi connectivity index (χ0v) is 15.3. The summed E-state index contributed by atoms with van der Waals surface area (Å²) in [7, 11) is -3.41. The van der Waals surface area contributed by atoms with E-state index in [-0.39, 0.29) is 16.9 Å². The van der Waals surface area contributed by atoms with Crippen LogP contribution in [0.25, 0.3) is 0 Å². The van der Waals surface area contributed by atoms with Crippen LogP contribution >= 0.6 is 0 Å². The van der Waals surface area contributed by atoms with Gasteiger partial charge in [0.25, 0.3) is 0 Å². The van der Waals surface area contributed by atoms with E-state index in [1.54, 1.807) is 13.0 Å². The Hall–Kier alpha value is -2.87. The number of Topliss-reactive ketones (excluding diaryl/α,β-unsaturated/α-hetero) is 1. The molecule has 0 aliphatic carbocycles. The molecule has 2 N–H and O–H groups in total. The number of sulfonamides is 1. The van der Waals surface area contributed by atoms with E-state index in [1.165, 1.54) is 43.3 Å². The summed E-state index contributed by atoms with van der Waals surface area (Å²) in [4.78, 5) is 24.5. The molecular weight excluding hydrogens is 358 g/mol. The number of ketones is 1. The predicted molar refractivity (Wildman–Crippen MR) is 97.0 cm³/mol. The molecule has 0 bridgehead atoms. The molecule has 0 saturated heterocycles. The summed E-state index contributed by atoms with van der Waals surface area (Å²) in [6.07, 6.45) is -0.0504. The van der Waals surface area contributed by atoms with Crippen LogP contribution in [0.2, 0.25) is 0 Å². The quantitative estimate of drug-likeness (QED) is 0.591. The molecule has 0 radical (unpaired) electrons. The zero-order chi connectivity index (χ0) is 19.5. The Balaban J connectivity index is 2.08. The molecule has 2 aromatic rings. The van der Waals surface area contributed by atoms with Gasteiger partial charge >= 0.3 is 5.97 Å². The van der Waals surface area contributed by atoms with E-state index >= 15 is 0 Å². The van der Waals surface area contributed by atoms with Crippen molar-refractivity contribution in [2.45, 2.75) is 20.0 Å². The van der Waals surface area contributed by atoms with Crippen LogP contribution in [0, 0.1) is 6.92 Å². The van der Waals surface area contributed by atoms with Gasteiger partial charge in [0, 0.05) is 11.3 Å². The fourth-order valence-electron chi connectivity index (χ4n) is 2.24. The lowest BCUT2D eigenvalue weighted by molar-refractivity contribution is 0.0316. The molecule has 8 heteroatoms. The molecule has 0 aliphatic heterocycles. The minimum Gasteiger partial charge on any atom is -0.507 e. The molecule has 138 valence electrons. The van der Waals surface area contributed by atoms with Gasteiger partial charge in [-0.25, -0.2) is 13.2 Å². The number of phenols is 1. The van der Waals surface area contributed by atoms with Crippen molar-refractivity contribution < 1.29 is 27.9 Å². The average Bonchev–Trinajstić information content (AvgIpc) is 2.53. The smallest absolute Gasteiger partial charge is 0.342 e. The number of benzene rings is 2. The van der Waals surface area contributed by atoms with Crippen LogP contribution in [0.4, 0.5) is 5.69 Å². The molecule has 0 unspecified atom stereocenters. The van der Waals surface area contributed by atoms with Crippen LogP contribution in [-0.4, -0.2) is 37.6 Å². The Morgan fingerprint density at radius 1 is 1.12 bits per heavy atom. The summed E-state index contributed by atoms with van der Waals surface area (Å²) in [6.45, 7) is 3.19. The van der Waals surface area contributed by atoms with Gasteiger partial charge in [-0.05, 0) is 55.8 Å². The Bertz CT molecular complexity index is 935. The highest BCUT2D eigenvalue weighted by atomic mass is 32.2. The van der Waals surface area contributed by atoms with Gasteiger partial charge < -0.3 is 9.84 Å². The molecule has 0 aromatic heterocycles. The number of hydrogen-bond acceptors (Lipinski definition) is 6. The molecule has 26 heavy (non-hydrogen) atoms. The Morgan fingerprint density at radius 2 is 1.73 bits per heavy atom. The third-order valence-electron chi connectivity index (χ3n) is 3.50. The number of phenolic OH excluding ortho intramolecular Hbond substituents is 1. The third-order valence-corrected chi connectivity index (χ3v) is 4.11. The van der Waals surface area contributed by atoms with Gasteiger partial charge in [-0.3, -0.25) is 9.52 Å². The van der Waals surface area contributed by atoms with E-state index in [0.29, 0.717) is 5.69 Å². The summed E-state index contributed by atoms with van der Waals surface area (Å²) in [5.41, 5.74) is 1.34. The molecule has 7 nitrogen and oxygen atoms in total. The Morgan fingerprint density at radius 3 is 2.27 bits per heavy atom. The van der Waals surface area contributed by atoms with Crippen LogP contribution in [0.5, 0.6) is 5.75 Å². The summed E-state index contributed by atoms with van der Waals surface area (Å²) in [6, 6.07) is 10.2. The number of nitrogens with one attached hydrogen (secondary N) is 1. The maximum atomic E-state index is 12.4. The highest BCUT2D eigenvalue weighted by Crippen LogP contribution is 2.21. The number of hydrogen-bond donors (Lipinski definition) is 2. The molecule has 1 atom stereocenters. The molecule has 2 aromatic carbocycles. The van der Waals surface area contributed by atoms with Gasteiger partial charge in [0.2, 0.25) is 15.8 Å². The lowest BCUT2D eigenvalue weighted by Crippen LogP contribution is -2.24. The van der Waals surface area contributed by atoms with Crippen LogP contribution < -0.4 is 4.72 Å². The summed E-state index contributed by atoms with van der Waals surface area (Å²) >= 11 is 0. The van der Waals surface area contributed by atoms with Crippen molar-refractivity contribution in [3.63, 3.8) is 0 Å². The second-order valence-corrected chi connectivity index (χ2v) is 7.63. The Labute approximate surface area is 151 Å². The first-order valence-electron chi connectivity index (χ1n) is 7.69. The second-order valence-electron chi connectivity index (χ2n) is 5.88. The third kappa shape index (κ3) is 5.06. The van der Waals surface area contributed by atoms with E-state index in [0.717, 1.165) is 11.8 Å². The average molecular weight is 377 g/mol. The van der Waals surface area contributed by atoms with Crippen molar-refractivity contribution in [1.82, 2.24) is 0 Å². The van der Waals surface area contributed by atoms with Gasteiger partial charge in [-0.15, -0.1) is 0 Å². The number of carbonyl (C=O) groups is 2. The highest BCUT2D eigenvalue weighted by molar-refractivity contribution is 7.92. The van der Waals surface area contributed by atoms with Crippen LogP contribution in [0.15, 0.2) is 42.5 Å². The van der Waals surface area contributed by atoms with Crippen molar-refractivity contribution in [2.24, 2.45) is 0 Å². The molecular formula is C18H19NO6S. The first-order chi connectivity index (χ1) is 12.1. The highest BCUT2D eigenvalue weighted by Gasteiger charge is 2.22. The number of rotatable bonds is 6. The minimum atomic E-state index is -3.41. The van der Waals surface area contributed by atoms with E-state index in [9.17, 15) is 23.1 Å². The normalized spacial score (nSPS) is 12.3. The molecule has 0 heterocycles. The molecule has 0 fully saturated rings. The maximum absolute atomic E-state index is 12.4. The van der Waals surface area contributed by atoms with Gasteiger partial charge in [0.05, 0.1) is 6.26 Å². The van der Waals surface area contributed by atoms with E-state index in [1.807, 2.05) is 0 Å². The van der Waals surface area contributed by atoms with Crippen LogP contribution in [0.1, 0.15) is 33.2 Å². The van der Waals surface area contributed by atoms with Crippen LogP contribution in [-0.2, 0) is 14.8 Å². The van der Waals surface area contributed by atoms with Crippen LogP contribution in [0.3, 0.4) is 0 Å². The molecule has 0 spiro atoms. The fraction of sp³-hybridized carbons (Fsp3) is 0.222. The molecule has 0 saturated carbocycles. The van der Waals surface area contributed by atoms with E-state index in [4.69, 9.17) is 4.74 Å². The monoisotopic (exact) mass is 377 g/mol. The number of ether oxygens (including phenoxy) is 1. The van der Waals surface area contributed by atoms with E-state index < -0.39 is 27.9 Å². The van der Waals surface area contributed by atoms with Gasteiger partial charge in [-0.2, -0.15) is 0 Å². The number of anilines is 1. The standard InChI is InChI=1S/C18H19NO6S/c1-11-4-9-15(16(20)10-11)18(22)25-12(2)17(21)13-5-7-14(8-6-13)19-26(3,23)24/h4-10,12,19-20H,1-3H3/t12-/m1/s1. The van der Waals surface area contributed by atoms with Crippen molar-refractivity contribution in [2.75, 3.05) is 11.0 Å². The predicted octanol–water partition coefficient (Wildman–Crippen LogP) is 2.50. The SMILES string of the molecule is Cc1ccc(C(=O)O[C@H](C)C(=O)c2ccc(NS(C)(=O)=O)cc2)c(O)c1. The van der Waals surface area contributed by atoms with Crippen molar-refractivity contribution in [3.8, 4) is 5.75 Å². The largest absolute Gasteiger partial charge is 0.507 e. The first kappa shape index (κ1) is 19.5. The first-order valence-corrected chi connectivity index (χ1v) is 9.58. The zero-order valence-electron chi connectivity index (χ0n) is 14.5. The number of esters is 1. The number of aromatic hydroxyl groups is 1. The lowest BCUT2D eigenvalue weighted by atomic mass is 10.1. The van der Waals surface area contributed by atoms with Gasteiger partial charge in [0.15, 0.2) is 6.10 Å². The van der Waals surface area contributed by atoms with Crippen molar-refractivity contribution in [3.05, 3.63) is 59.2 Å². The van der Waals surface area contributed by atoms with Crippen molar-refractivity contribution in [1.29, 1.82) is 0 Å². The lowest BCUT2D eigenvalue weighted by Gasteiger charge is -2.13.